The molecular formula is C17H19NO3S2. The summed E-state index contributed by atoms with van der Waals surface area (Å²) in [6.07, 6.45) is 0.727. The van der Waals surface area contributed by atoms with E-state index in [4.69, 9.17) is 0 Å². The highest BCUT2D eigenvalue weighted by molar-refractivity contribution is 7.99. The molecule has 6 heteroatoms. The van der Waals surface area contributed by atoms with E-state index in [0.29, 0.717) is 12.1 Å². The molecule has 2 aromatic rings. The first-order chi connectivity index (χ1) is 11.0. The quantitative estimate of drug-likeness (QED) is 0.451. The summed E-state index contributed by atoms with van der Waals surface area (Å²) in [6, 6.07) is 16.1. The van der Waals surface area contributed by atoms with Gasteiger partial charge in [-0.2, -0.15) is 0 Å². The van der Waals surface area contributed by atoms with E-state index >= 15 is 0 Å². The molecule has 122 valence electrons. The van der Waals surface area contributed by atoms with Gasteiger partial charge < -0.3 is 0 Å². The molecule has 23 heavy (non-hydrogen) atoms. The minimum atomic E-state index is -3.57. The number of carbonyl (C=O) groups excluding carboxylic acids is 1. The molecule has 4 nitrogen and oxygen atoms in total. The first-order valence-electron chi connectivity index (χ1n) is 7.27. The van der Waals surface area contributed by atoms with Crippen LogP contribution in [0.1, 0.15) is 23.7 Å². The van der Waals surface area contributed by atoms with Crippen LogP contribution < -0.4 is 4.72 Å². The zero-order chi connectivity index (χ0) is 16.7. The maximum Gasteiger partial charge on any atom is 0.240 e. The van der Waals surface area contributed by atoms with Gasteiger partial charge in [0.15, 0.2) is 5.78 Å². The van der Waals surface area contributed by atoms with Crippen molar-refractivity contribution in [2.45, 2.75) is 23.1 Å². The molecule has 0 amide bonds. The third-order valence-corrected chi connectivity index (χ3v) is 5.73. The number of hydrogen-bond donors (Lipinski definition) is 1. The smallest absolute Gasteiger partial charge is 0.240 e. The van der Waals surface area contributed by atoms with Gasteiger partial charge in [0.25, 0.3) is 0 Å². The van der Waals surface area contributed by atoms with E-state index in [-0.39, 0.29) is 10.7 Å². The Bertz CT molecular complexity index is 758. The van der Waals surface area contributed by atoms with Gasteiger partial charge in [-0.15, -0.1) is 11.8 Å². The highest BCUT2D eigenvalue weighted by atomic mass is 32.2. The normalized spacial score (nSPS) is 11.3. The summed E-state index contributed by atoms with van der Waals surface area (Å²) in [6.45, 7) is 1.78. The molecule has 2 rings (SSSR count). The van der Waals surface area contributed by atoms with E-state index in [9.17, 15) is 13.2 Å². The third kappa shape index (κ3) is 5.49. The van der Waals surface area contributed by atoms with Crippen LogP contribution in [0.2, 0.25) is 0 Å². The van der Waals surface area contributed by atoms with Gasteiger partial charge >= 0.3 is 0 Å². The Balaban J connectivity index is 1.84. The van der Waals surface area contributed by atoms with Crippen molar-refractivity contribution >= 4 is 27.6 Å². The predicted octanol–water partition coefficient (Wildman–Crippen LogP) is 3.35. The molecule has 0 saturated carbocycles. The molecule has 0 bridgehead atoms. The molecule has 0 spiro atoms. The van der Waals surface area contributed by atoms with Crippen molar-refractivity contribution in [3.8, 4) is 0 Å². The first-order valence-corrected chi connectivity index (χ1v) is 9.74. The summed E-state index contributed by atoms with van der Waals surface area (Å²) in [5.41, 5.74) is 0.396. The van der Waals surface area contributed by atoms with E-state index in [1.54, 1.807) is 23.9 Å². The van der Waals surface area contributed by atoms with Crippen molar-refractivity contribution in [3.05, 3.63) is 60.2 Å². The molecule has 0 fully saturated rings. The van der Waals surface area contributed by atoms with Gasteiger partial charge in [-0.25, -0.2) is 13.1 Å². The molecule has 0 aliphatic carbocycles. The standard InChI is InChI=1S/C17H19NO3S2/c1-14(19)15-7-5-10-17(13-15)23(20,21)18-11-6-12-22-16-8-3-2-4-9-16/h2-5,7-10,13,18H,6,11-12H2,1H3. The monoisotopic (exact) mass is 349 g/mol. The Hall–Kier alpha value is -1.63. The van der Waals surface area contributed by atoms with E-state index in [0.717, 1.165) is 12.2 Å². The van der Waals surface area contributed by atoms with Crippen molar-refractivity contribution in [2.75, 3.05) is 12.3 Å². The molecule has 0 saturated heterocycles. The van der Waals surface area contributed by atoms with Gasteiger partial charge in [0.2, 0.25) is 10.0 Å². The Morgan fingerprint density at radius 1 is 1.09 bits per heavy atom. The number of sulfonamides is 1. The molecule has 0 atom stereocenters. The maximum absolute atomic E-state index is 12.2. The van der Waals surface area contributed by atoms with Gasteiger partial charge in [0, 0.05) is 17.0 Å². The summed E-state index contributed by atoms with van der Waals surface area (Å²) in [4.78, 5) is 12.6. The predicted molar refractivity (Wildman–Crippen MR) is 93.4 cm³/mol. The fourth-order valence-corrected chi connectivity index (χ4v) is 3.94. The van der Waals surface area contributed by atoms with Gasteiger partial charge in [-0.1, -0.05) is 30.3 Å². The number of carbonyl (C=O) groups is 1. The zero-order valence-electron chi connectivity index (χ0n) is 12.9. The Morgan fingerprint density at radius 3 is 2.52 bits per heavy atom. The lowest BCUT2D eigenvalue weighted by atomic mass is 10.2. The topological polar surface area (TPSA) is 63.2 Å². The number of rotatable bonds is 8. The number of benzene rings is 2. The Kier molecular flexibility index (Phi) is 6.38. The Morgan fingerprint density at radius 2 is 1.83 bits per heavy atom. The summed E-state index contributed by atoms with van der Waals surface area (Å²) in [7, 11) is -3.57. The molecule has 0 heterocycles. The van der Waals surface area contributed by atoms with Crippen LogP contribution in [0, 0.1) is 0 Å². The van der Waals surface area contributed by atoms with Crippen LogP contribution in [-0.2, 0) is 10.0 Å². The van der Waals surface area contributed by atoms with Crippen LogP contribution in [-0.4, -0.2) is 26.5 Å². The average Bonchev–Trinajstić information content (AvgIpc) is 2.55. The largest absolute Gasteiger partial charge is 0.295 e. The van der Waals surface area contributed by atoms with E-state index < -0.39 is 10.0 Å². The molecular weight excluding hydrogens is 330 g/mol. The van der Waals surface area contributed by atoms with Gasteiger partial charge in [0.1, 0.15) is 0 Å². The zero-order valence-corrected chi connectivity index (χ0v) is 14.5. The van der Waals surface area contributed by atoms with Gasteiger partial charge in [0.05, 0.1) is 4.90 Å². The van der Waals surface area contributed by atoms with E-state index in [1.807, 2.05) is 30.3 Å². The lowest BCUT2D eigenvalue weighted by Crippen LogP contribution is -2.25. The van der Waals surface area contributed by atoms with E-state index in [2.05, 4.69) is 4.72 Å². The van der Waals surface area contributed by atoms with Gasteiger partial charge in [-0.05, 0) is 43.4 Å². The van der Waals surface area contributed by atoms with Crippen molar-refractivity contribution in [1.29, 1.82) is 0 Å². The fourth-order valence-electron chi connectivity index (χ4n) is 1.95. The summed E-state index contributed by atoms with van der Waals surface area (Å²) >= 11 is 1.69. The second-order valence-corrected chi connectivity index (χ2v) is 7.93. The number of ketones is 1. The van der Waals surface area contributed by atoms with Crippen molar-refractivity contribution < 1.29 is 13.2 Å². The lowest BCUT2D eigenvalue weighted by molar-refractivity contribution is 0.101. The SMILES string of the molecule is CC(=O)c1cccc(S(=O)(=O)NCCCSc2ccccc2)c1. The summed E-state index contributed by atoms with van der Waals surface area (Å²) in [5, 5.41) is 0. The van der Waals surface area contributed by atoms with Crippen molar-refractivity contribution in [3.63, 3.8) is 0 Å². The molecule has 0 radical (unpaired) electrons. The van der Waals surface area contributed by atoms with Crippen LogP contribution in [0.15, 0.2) is 64.4 Å². The number of nitrogens with one attached hydrogen (secondary N) is 1. The fraction of sp³-hybridized carbons (Fsp3) is 0.235. The minimum absolute atomic E-state index is 0.126. The molecule has 0 aromatic heterocycles. The van der Waals surface area contributed by atoms with Crippen molar-refractivity contribution in [1.82, 2.24) is 4.72 Å². The number of thioether (sulfide) groups is 1. The highest BCUT2D eigenvalue weighted by Gasteiger charge is 2.14. The molecule has 0 aliphatic heterocycles. The third-order valence-electron chi connectivity index (χ3n) is 3.18. The summed E-state index contributed by atoms with van der Waals surface area (Å²) < 4.78 is 27.0. The molecule has 0 unspecified atom stereocenters. The van der Waals surface area contributed by atoms with Gasteiger partial charge in [-0.3, -0.25) is 4.79 Å². The Labute approximate surface area is 141 Å². The number of Topliss-reactive ketones (excluding diaryl/α,β-unsaturated/α-hetero) is 1. The van der Waals surface area contributed by atoms with Crippen LogP contribution in [0.4, 0.5) is 0 Å². The second kappa shape index (κ2) is 8.29. The summed E-state index contributed by atoms with van der Waals surface area (Å²) in [5.74, 6) is 0.682. The number of hydrogen-bond acceptors (Lipinski definition) is 4. The molecule has 0 aliphatic rings. The average molecular weight is 349 g/mol. The minimum Gasteiger partial charge on any atom is -0.295 e. The highest BCUT2D eigenvalue weighted by Crippen LogP contribution is 2.17. The van der Waals surface area contributed by atoms with Crippen LogP contribution >= 0.6 is 11.8 Å². The van der Waals surface area contributed by atoms with Crippen LogP contribution in [0.25, 0.3) is 0 Å². The molecule has 2 aromatic carbocycles. The van der Waals surface area contributed by atoms with Crippen LogP contribution in [0.3, 0.4) is 0 Å². The first kappa shape index (κ1) is 17.7. The second-order valence-electron chi connectivity index (χ2n) is 5.00. The maximum atomic E-state index is 12.2. The van der Waals surface area contributed by atoms with E-state index in [1.165, 1.54) is 24.0 Å². The molecule has 1 N–H and O–H groups in total. The van der Waals surface area contributed by atoms with Crippen LogP contribution in [0.5, 0.6) is 0 Å². The van der Waals surface area contributed by atoms with Crippen molar-refractivity contribution in [2.24, 2.45) is 0 Å². The lowest BCUT2D eigenvalue weighted by Gasteiger charge is -2.07.